The van der Waals surface area contributed by atoms with E-state index in [1.165, 1.54) is 12.3 Å². The molecule has 0 aliphatic carbocycles. The molecule has 0 atom stereocenters. The maximum absolute atomic E-state index is 13.4. The number of amides is 2. The lowest BCUT2D eigenvalue weighted by atomic mass is 9.98. The summed E-state index contributed by atoms with van der Waals surface area (Å²) in [7, 11) is 1.56. The first-order chi connectivity index (χ1) is 16.6. The standard InChI is InChI=1S/C28H24N2O4/c1-33-23-16-14-22(15-17-23)27(31)29-25(19-24-13-8-18-34-24)28(32)30-26(20-9-4-2-5-10-20)21-11-6-3-7-12-21/h2-19,26H,1H3,(H,29,31)(H,30,32)/b25-19-. The van der Waals surface area contributed by atoms with E-state index in [9.17, 15) is 9.59 Å². The van der Waals surface area contributed by atoms with Crippen LogP contribution in [0.25, 0.3) is 6.08 Å². The Balaban J connectivity index is 1.62. The Morgan fingerprint density at radius 3 is 1.97 bits per heavy atom. The van der Waals surface area contributed by atoms with Crippen LogP contribution in [0, 0.1) is 0 Å². The zero-order valence-electron chi connectivity index (χ0n) is 18.6. The van der Waals surface area contributed by atoms with Crippen LogP contribution in [0.4, 0.5) is 0 Å². The van der Waals surface area contributed by atoms with E-state index in [0.29, 0.717) is 17.1 Å². The van der Waals surface area contributed by atoms with Crippen molar-refractivity contribution < 1.29 is 18.7 Å². The summed E-state index contributed by atoms with van der Waals surface area (Å²) in [6.45, 7) is 0. The smallest absolute Gasteiger partial charge is 0.268 e. The van der Waals surface area contributed by atoms with Crippen molar-refractivity contribution in [2.24, 2.45) is 0 Å². The van der Waals surface area contributed by atoms with Crippen LogP contribution in [0.3, 0.4) is 0 Å². The van der Waals surface area contributed by atoms with Gasteiger partial charge in [0.05, 0.1) is 19.4 Å². The van der Waals surface area contributed by atoms with Crippen LogP contribution in [0.5, 0.6) is 5.75 Å². The molecule has 4 aromatic rings. The minimum Gasteiger partial charge on any atom is -0.497 e. The maximum Gasteiger partial charge on any atom is 0.268 e. The highest BCUT2D eigenvalue weighted by Gasteiger charge is 2.21. The predicted molar refractivity (Wildman–Crippen MR) is 130 cm³/mol. The molecule has 2 N–H and O–H groups in total. The van der Waals surface area contributed by atoms with Crippen LogP contribution in [0.15, 0.2) is 113 Å². The van der Waals surface area contributed by atoms with E-state index >= 15 is 0 Å². The summed E-state index contributed by atoms with van der Waals surface area (Å²) in [5.74, 6) is 0.202. The molecule has 0 aliphatic rings. The third kappa shape index (κ3) is 5.61. The van der Waals surface area contributed by atoms with Gasteiger partial charge in [0.2, 0.25) is 0 Å². The minimum atomic E-state index is -0.448. The van der Waals surface area contributed by atoms with Gasteiger partial charge in [-0.05, 0) is 47.5 Å². The highest BCUT2D eigenvalue weighted by molar-refractivity contribution is 6.05. The number of hydrogen-bond acceptors (Lipinski definition) is 4. The lowest BCUT2D eigenvalue weighted by molar-refractivity contribution is -0.118. The first-order valence-corrected chi connectivity index (χ1v) is 10.8. The Morgan fingerprint density at radius 1 is 0.824 bits per heavy atom. The second-order valence-electron chi connectivity index (χ2n) is 7.48. The van der Waals surface area contributed by atoms with E-state index in [-0.39, 0.29) is 5.70 Å². The topological polar surface area (TPSA) is 80.6 Å². The van der Waals surface area contributed by atoms with Crippen molar-refractivity contribution in [3.63, 3.8) is 0 Å². The molecule has 6 heteroatoms. The van der Waals surface area contributed by atoms with Crippen molar-refractivity contribution in [3.05, 3.63) is 131 Å². The van der Waals surface area contributed by atoms with Gasteiger partial charge in [-0.15, -0.1) is 0 Å². The van der Waals surface area contributed by atoms with Gasteiger partial charge in [0.1, 0.15) is 17.2 Å². The molecule has 0 fully saturated rings. The molecular weight excluding hydrogens is 428 g/mol. The molecule has 0 saturated carbocycles. The Hall–Kier alpha value is -4.58. The minimum absolute atomic E-state index is 0.0626. The van der Waals surface area contributed by atoms with Gasteiger partial charge in [0.25, 0.3) is 11.8 Å². The molecule has 170 valence electrons. The van der Waals surface area contributed by atoms with Gasteiger partial charge >= 0.3 is 0 Å². The average molecular weight is 453 g/mol. The Bertz CT molecular complexity index is 1210. The molecular formula is C28H24N2O4. The van der Waals surface area contributed by atoms with Gasteiger partial charge in [0.15, 0.2) is 0 Å². The largest absolute Gasteiger partial charge is 0.497 e. The zero-order valence-corrected chi connectivity index (χ0v) is 18.6. The molecule has 3 aromatic carbocycles. The molecule has 1 aromatic heterocycles. The van der Waals surface area contributed by atoms with Crippen LogP contribution in [-0.4, -0.2) is 18.9 Å². The quantitative estimate of drug-likeness (QED) is 0.370. The van der Waals surface area contributed by atoms with Crippen LogP contribution in [0.1, 0.15) is 33.3 Å². The summed E-state index contributed by atoms with van der Waals surface area (Å²) < 4.78 is 10.5. The molecule has 0 bridgehead atoms. The van der Waals surface area contributed by atoms with Gasteiger partial charge in [-0.2, -0.15) is 0 Å². The highest BCUT2D eigenvalue weighted by Crippen LogP contribution is 2.22. The number of ether oxygens (including phenoxy) is 1. The lowest BCUT2D eigenvalue weighted by Crippen LogP contribution is -2.37. The number of nitrogens with one attached hydrogen (secondary N) is 2. The second kappa shape index (κ2) is 10.8. The Kier molecular flexibility index (Phi) is 7.20. The summed E-state index contributed by atoms with van der Waals surface area (Å²) in [5.41, 5.74) is 2.29. The first kappa shape index (κ1) is 22.6. The number of benzene rings is 3. The first-order valence-electron chi connectivity index (χ1n) is 10.8. The fourth-order valence-electron chi connectivity index (χ4n) is 3.47. The van der Waals surface area contributed by atoms with Gasteiger partial charge in [-0.1, -0.05) is 60.7 Å². The molecule has 0 aliphatic heterocycles. The fourth-order valence-corrected chi connectivity index (χ4v) is 3.47. The van der Waals surface area contributed by atoms with Crippen molar-refractivity contribution in [1.29, 1.82) is 0 Å². The van der Waals surface area contributed by atoms with E-state index < -0.39 is 17.9 Å². The van der Waals surface area contributed by atoms with Crippen molar-refractivity contribution >= 4 is 17.9 Å². The number of carbonyl (C=O) groups is 2. The SMILES string of the molecule is COc1ccc(C(=O)N/C(=C\c2ccco2)C(=O)NC(c2ccccc2)c2ccccc2)cc1. The number of methoxy groups -OCH3 is 1. The molecule has 0 radical (unpaired) electrons. The Labute approximate surface area is 197 Å². The second-order valence-corrected chi connectivity index (χ2v) is 7.48. The Morgan fingerprint density at radius 2 is 1.44 bits per heavy atom. The number of carbonyl (C=O) groups excluding carboxylic acids is 2. The van der Waals surface area contributed by atoms with Crippen LogP contribution in [0.2, 0.25) is 0 Å². The summed E-state index contributed by atoms with van der Waals surface area (Å²) in [6, 6.07) is 29.0. The van der Waals surface area contributed by atoms with E-state index in [1.807, 2.05) is 60.7 Å². The van der Waals surface area contributed by atoms with Gasteiger partial charge in [-0.3, -0.25) is 9.59 Å². The molecule has 4 rings (SSSR count). The number of hydrogen-bond donors (Lipinski definition) is 2. The number of rotatable bonds is 8. The fraction of sp³-hybridized carbons (Fsp3) is 0.0714. The van der Waals surface area contributed by atoms with Crippen LogP contribution >= 0.6 is 0 Å². The molecule has 0 spiro atoms. The lowest BCUT2D eigenvalue weighted by Gasteiger charge is -2.21. The van der Waals surface area contributed by atoms with Crippen molar-refractivity contribution in [2.45, 2.75) is 6.04 Å². The molecule has 6 nitrogen and oxygen atoms in total. The molecule has 1 heterocycles. The summed E-state index contributed by atoms with van der Waals surface area (Å²) in [4.78, 5) is 26.3. The predicted octanol–water partition coefficient (Wildman–Crippen LogP) is 4.96. The third-order valence-electron chi connectivity index (χ3n) is 5.22. The number of furan rings is 1. The molecule has 0 saturated heterocycles. The van der Waals surface area contributed by atoms with E-state index in [2.05, 4.69) is 10.6 Å². The monoisotopic (exact) mass is 452 g/mol. The van der Waals surface area contributed by atoms with Crippen molar-refractivity contribution in [2.75, 3.05) is 7.11 Å². The summed E-state index contributed by atoms with van der Waals surface area (Å²) >= 11 is 0. The maximum atomic E-state index is 13.4. The van der Waals surface area contributed by atoms with E-state index in [4.69, 9.17) is 9.15 Å². The van der Waals surface area contributed by atoms with Gasteiger partial charge < -0.3 is 19.8 Å². The normalized spacial score (nSPS) is 11.2. The van der Waals surface area contributed by atoms with Gasteiger partial charge in [0, 0.05) is 11.6 Å². The van der Waals surface area contributed by atoms with Crippen molar-refractivity contribution in [1.82, 2.24) is 10.6 Å². The molecule has 0 unspecified atom stereocenters. The highest BCUT2D eigenvalue weighted by atomic mass is 16.5. The van der Waals surface area contributed by atoms with Crippen LogP contribution < -0.4 is 15.4 Å². The van der Waals surface area contributed by atoms with E-state index in [1.54, 1.807) is 43.5 Å². The summed E-state index contributed by atoms with van der Waals surface area (Å²) in [5, 5.41) is 5.78. The van der Waals surface area contributed by atoms with Gasteiger partial charge in [-0.25, -0.2) is 0 Å². The zero-order chi connectivity index (χ0) is 23.8. The van der Waals surface area contributed by atoms with Crippen molar-refractivity contribution in [3.8, 4) is 5.75 Å². The average Bonchev–Trinajstić information content (AvgIpc) is 3.41. The third-order valence-corrected chi connectivity index (χ3v) is 5.22. The van der Waals surface area contributed by atoms with E-state index in [0.717, 1.165) is 11.1 Å². The van der Waals surface area contributed by atoms with Crippen LogP contribution in [-0.2, 0) is 4.79 Å². The molecule has 34 heavy (non-hydrogen) atoms. The summed E-state index contributed by atoms with van der Waals surface area (Å²) in [6.07, 6.45) is 3.01. The molecule has 2 amide bonds.